The van der Waals surface area contributed by atoms with Gasteiger partial charge >= 0.3 is 0 Å². The molecule has 1 saturated heterocycles. The van der Waals surface area contributed by atoms with Gasteiger partial charge in [0.15, 0.2) is 0 Å². The van der Waals surface area contributed by atoms with Gasteiger partial charge in [-0.1, -0.05) is 17.2 Å². The highest BCUT2D eigenvalue weighted by Crippen LogP contribution is 2.26. The van der Waals surface area contributed by atoms with Gasteiger partial charge in [-0.05, 0) is 23.4 Å². The second-order valence-electron chi connectivity index (χ2n) is 6.63. The highest BCUT2D eigenvalue weighted by atomic mass is 16.6. The Hall–Kier alpha value is -4.06. The zero-order valence-corrected chi connectivity index (χ0v) is 16.4. The van der Waals surface area contributed by atoms with Crippen molar-refractivity contribution in [3.63, 3.8) is 0 Å². The van der Waals surface area contributed by atoms with Crippen molar-refractivity contribution in [2.24, 2.45) is 0 Å². The van der Waals surface area contributed by atoms with E-state index in [9.17, 15) is 14.9 Å². The molecule has 0 atom stereocenters. The minimum Gasteiger partial charge on any atom is -0.457 e. The predicted octanol–water partition coefficient (Wildman–Crippen LogP) is 1.47. The number of nitrogens with one attached hydrogen (secondary N) is 1. The number of nitro groups is 1. The molecule has 4 rings (SSSR count). The van der Waals surface area contributed by atoms with Crippen molar-refractivity contribution >= 4 is 23.6 Å². The normalized spacial score (nSPS) is 14.1. The molecule has 1 aliphatic heterocycles. The van der Waals surface area contributed by atoms with Crippen molar-refractivity contribution < 1.29 is 18.9 Å². The number of nitrogens with zero attached hydrogens (tertiary/aromatic N) is 6. The fraction of sp³-hybridized carbons (Fsp3) is 0.263. The Morgan fingerprint density at radius 2 is 2.10 bits per heavy atom. The van der Waals surface area contributed by atoms with Crippen LogP contribution in [0, 0.1) is 10.1 Å². The topological polar surface area (TPSA) is 141 Å². The molecule has 2 aromatic heterocycles. The van der Waals surface area contributed by atoms with E-state index in [1.165, 1.54) is 23.1 Å². The summed E-state index contributed by atoms with van der Waals surface area (Å²) in [4.78, 5) is 25.7. The average molecular weight is 425 g/mol. The third-order valence-electron chi connectivity index (χ3n) is 4.48. The van der Waals surface area contributed by atoms with Crippen LogP contribution in [0.25, 0.3) is 17.4 Å². The summed E-state index contributed by atoms with van der Waals surface area (Å²) in [6.07, 6.45) is 3.02. The van der Waals surface area contributed by atoms with E-state index in [0.29, 0.717) is 49.3 Å². The molecular formula is C19H19N7O5. The van der Waals surface area contributed by atoms with Gasteiger partial charge in [0.1, 0.15) is 18.1 Å². The van der Waals surface area contributed by atoms with Crippen molar-refractivity contribution in [1.82, 2.24) is 25.5 Å². The predicted molar refractivity (Wildman–Crippen MR) is 109 cm³/mol. The fourth-order valence-corrected chi connectivity index (χ4v) is 2.95. The van der Waals surface area contributed by atoms with Crippen LogP contribution in [0.15, 0.2) is 47.0 Å². The molecule has 0 bridgehead atoms. The Balaban J connectivity index is 1.31. The molecule has 1 N–H and O–H groups in total. The largest absolute Gasteiger partial charge is 0.457 e. The molecule has 1 fully saturated rings. The number of non-ortho nitro benzene ring substituents is 1. The summed E-state index contributed by atoms with van der Waals surface area (Å²) < 4.78 is 10.9. The van der Waals surface area contributed by atoms with Crippen molar-refractivity contribution in [2.75, 3.05) is 31.2 Å². The summed E-state index contributed by atoms with van der Waals surface area (Å²) in [5, 5.41) is 25.6. The summed E-state index contributed by atoms with van der Waals surface area (Å²) >= 11 is 0. The van der Waals surface area contributed by atoms with Crippen LogP contribution in [0.4, 0.5) is 11.6 Å². The molecule has 12 heteroatoms. The summed E-state index contributed by atoms with van der Waals surface area (Å²) in [5.74, 6) is 1.11. The number of ether oxygens (including phenoxy) is 1. The molecule has 12 nitrogen and oxygen atoms in total. The van der Waals surface area contributed by atoms with E-state index in [2.05, 4.69) is 20.7 Å². The van der Waals surface area contributed by atoms with Gasteiger partial charge in [-0.25, -0.2) is 0 Å². The van der Waals surface area contributed by atoms with E-state index in [0.717, 1.165) is 0 Å². The Kier molecular flexibility index (Phi) is 5.98. The van der Waals surface area contributed by atoms with E-state index in [1.807, 2.05) is 4.90 Å². The second-order valence-corrected chi connectivity index (χ2v) is 6.63. The molecule has 1 amide bonds. The third-order valence-corrected chi connectivity index (χ3v) is 4.48. The lowest BCUT2D eigenvalue weighted by molar-refractivity contribution is -0.384. The zero-order chi connectivity index (χ0) is 21.6. The lowest BCUT2D eigenvalue weighted by Gasteiger charge is -2.24. The van der Waals surface area contributed by atoms with Gasteiger partial charge in [-0.15, -0.1) is 5.10 Å². The third kappa shape index (κ3) is 5.11. The van der Waals surface area contributed by atoms with Crippen LogP contribution >= 0.6 is 0 Å². The molecule has 3 heterocycles. The van der Waals surface area contributed by atoms with E-state index in [4.69, 9.17) is 9.15 Å². The van der Waals surface area contributed by atoms with Crippen molar-refractivity contribution in [2.45, 2.75) is 6.54 Å². The SMILES string of the molecule is O=C(Cn1nnc(N2CCOCC2)n1)NC=Cc1ccc(-c2cccc([N+](=O)[O-])c2)o1. The molecular weight excluding hydrogens is 406 g/mol. The molecule has 0 spiro atoms. The summed E-state index contributed by atoms with van der Waals surface area (Å²) in [6, 6.07) is 9.56. The monoisotopic (exact) mass is 425 g/mol. The number of carbonyl (C=O) groups is 1. The van der Waals surface area contributed by atoms with E-state index >= 15 is 0 Å². The number of furan rings is 1. The van der Waals surface area contributed by atoms with Gasteiger partial charge in [-0.2, -0.15) is 4.80 Å². The van der Waals surface area contributed by atoms with Crippen LogP contribution in [0.1, 0.15) is 5.76 Å². The maximum atomic E-state index is 12.1. The first-order chi connectivity index (χ1) is 15.1. The smallest absolute Gasteiger partial charge is 0.270 e. The van der Waals surface area contributed by atoms with Gasteiger partial charge < -0.3 is 19.4 Å². The number of carbonyl (C=O) groups excluding carboxylic acids is 1. The van der Waals surface area contributed by atoms with Crippen LogP contribution in [-0.4, -0.2) is 57.3 Å². The molecule has 31 heavy (non-hydrogen) atoms. The molecule has 0 radical (unpaired) electrons. The van der Waals surface area contributed by atoms with Crippen LogP contribution in [0.3, 0.4) is 0 Å². The fourth-order valence-electron chi connectivity index (χ4n) is 2.95. The van der Waals surface area contributed by atoms with Crippen LogP contribution < -0.4 is 10.2 Å². The molecule has 1 aromatic carbocycles. The summed E-state index contributed by atoms with van der Waals surface area (Å²) in [7, 11) is 0. The lowest BCUT2D eigenvalue weighted by atomic mass is 10.1. The number of nitro benzene ring substituents is 1. The maximum Gasteiger partial charge on any atom is 0.270 e. The molecule has 1 aliphatic rings. The number of aromatic nitrogens is 4. The van der Waals surface area contributed by atoms with Gasteiger partial charge in [-0.3, -0.25) is 14.9 Å². The Labute approximate surface area is 176 Å². The van der Waals surface area contributed by atoms with Crippen molar-refractivity contribution in [3.05, 3.63) is 58.5 Å². The van der Waals surface area contributed by atoms with Gasteiger partial charge in [0, 0.05) is 37.0 Å². The van der Waals surface area contributed by atoms with Crippen LogP contribution in [0.2, 0.25) is 0 Å². The Morgan fingerprint density at radius 1 is 1.26 bits per heavy atom. The van der Waals surface area contributed by atoms with Crippen LogP contribution in [0.5, 0.6) is 0 Å². The van der Waals surface area contributed by atoms with Crippen molar-refractivity contribution in [3.8, 4) is 11.3 Å². The van der Waals surface area contributed by atoms with Crippen LogP contribution in [-0.2, 0) is 16.1 Å². The Morgan fingerprint density at radius 3 is 2.90 bits per heavy atom. The van der Waals surface area contributed by atoms with Gasteiger partial charge in [0.05, 0.1) is 18.1 Å². The first-order valence-electron chi connectivity index (χ1n) is 9.49. The summed E-state index contributed by atoms with van der Waals surface area (Å²) in [5.41, 5.74) is 0.572. The minimum absolute atomic E-state index is 0.0169. The second kappa shape index (κ2) is 9.17. The summed E-state index contributed by atoms with van der Waals surface area (Å²) in [6.45, 7) is 2.49. The first-order valence-corrected chi connectivity index (χ1v) is 9.49. The minimum atomic E-state index is -0.462. The highest BCUT2D eigenvalue weighted by Gasteiger charge is 2.16. The first kappa shape index (κ1) is 20.2. The molecule has 0 aliphatic carbocycles. The quantitative estimate of drug-likeness (QED) is 0.440. The number of hydrogen-bond acceptors (Lipinski definition) is 9. The lowest BCUT2D eigenvalue weighted by Crippen LogP contribution is -2.37. The molecule has 0 unspecified atom stereocenters. The highest BCUT2D eigenvalue weighted by molar-refractivity contribution is 5.77. The Bertz CT molecular complexity index is 1100. The van der Waals surface area contributed by atoms with Crippen molar-refractivity contribution in [1.29, 1.82) is 0 Å². The number of anilines is 1. The van der Waals surface area contributed by atoms with Gasteiger partial charge in [0.2, 0.25) is 5.91 Å². The van der Waals surface area contributed by atoms with E-state index < -0.39 is 4.92 Å². The van der Waals surface area contributed by atoms with E-state index in [-0.39, 0.29) is 18.1 Å². The average Bonchev–Trinajstić information content (AvgIpc) is 3.44. The zero-order valence-electron chi connectivity index (χ0n) is 16.4. The van der Waals surface area contributed by atoms with Gasteiger partial charge in [0.25, 0.3) is 11.6 Å². The van der Waals surface area contributed by atoms with E-state index in [1.54, 1.807) is 30.3 Å². The molecule has 0 saturated carbocycles. The number of benzene rings is 1. The number of amides is 1. The number of hydrogen-bond donors (Lipinski definition) is 1. The number of morpholine rings is 1. The number of rotatable bonds is 7. The number of tetrazole rings is 1. The molecule has 160 valence electrons. The molecule has 3 aromatic rings. The maximum absolute atomic E-state index is 12.1. The standard InChI is InChI=1S/C19H19N7O5/c27-18(13-25-22-19(21-23-25)24-8-10-30-11-9-24)20-7-6-16-4-5-17(31-16)14-2-1-3-15(12-14)26(28)29/h1-7,12H,8-11,13H2,(H,20,27).